The maximum atomic E-state index is 12.8. The van der Waals surface area contributed by atoms with Gasteiger partial charge in [-0.05, 0) is 24.3 Å². The summed E-state index contributed by atoms with van der Waals surface area (Å²) >= 11 is 0. The molecule has 160 valence electrons. The number of aromatic nitrogens is 2. The Morgan fingerprint density at radius 2 is 1.69 bits per heavy atom. The molecule has 4 rings (SSSR count). The van der Waals surface area contributed by atoms with Gasteiger partial charge >= 0.3 is 0 Å². The monoisotopic (exact) mass is 426 g/mol. The van der Waals surface area contributed by atoms with Gasteiger partial charge in [0.2, 0.25) is 0 Å². The first kappa shape index (κ1) is 21.2. The predicted octanol–water partition coefficient (Wildman–Crippen LogP) is 2.68. The van der Waals surface area contributed by atoms with Crippen LogP contribution in [0.5, 0.6) is 0 Å². The Balaban J connectivity index is 1.43. The Kier molecular flexibility index (Phi) is 6.49. The standard InChI is InChI=1S/C24H22N6O2/c25-10-11-29-12-14-30(15-13-29)24(32)19-8-6-18(7-9-19)21-16-26-17-22(28-21)23(31)27-20-4-2-1-3-5-20/h1-9,16-17H,11-15H2,(H,27,31). The number of hydrogen-bond acceptors (Lipinski definition) is 6. The number of rotatable bonds is 5. The lowest BCUT2D eigenvalue weighted by atomic mass is 10.1. The number of nitrogens with zero attached hydrogens (tertiary/aromatic N) is 5. The second kappa shape index (κ2) is 9.81. The Bertz CT molecular complexity index is 1130. The first-order chi connectivity index (χ1) is 15.6. The average Bonchev–Trinajstić information content (AvgIpc) is 2.85. The highest BCUT2D eigenvalue weighted by atomic mass is 16.2. The normalized spacial score (nSPS) is 13.9. The second-order valence-electron chi connectivity index (χ2n) is 7.41. The van der Waals surface area contributed by atoms with E-state index >= 15 is 0 Å². The molecule has 0 saturated carbocycles. The summed E-state index contributed by atoms with van der Waals surface area (Å²) in [5.41, 5.74) is 2.80. The number of amides is 2. The summed E-state index contributed by atoms with van der Waals surface area (Å²) in [6.07, 6.45) is 3.01. The highest BCUT2D eigenvalue weighted by Gasteiger charge is 2.22. The molecular formula is C24H22N6O2. The van der Waals surface area contributed by atoms with Crippen LogP contribution in [0.4, 0.5) is 5.69 Å². The molecule has 0 unspecified atom stereocenters. The molecule has 2 amide bonds. The van der Waals surface area contributed by atoms with Crippen LogP contribution < -0.4 is 5.32 Å². The van der Waals surface area contributed by atoms with Crippen LogP contribution in [0, 0.1) is 11.3 Å². The van der Waals surface area contributed by atoms with Crippen molar-refractivity contribution in [3.05, 3.63) is 78.2 Å². The summed E-state index contributed by atoms with van der Waals surface area (Å²) in [6, 6.07) is 18.4. The summed E-state index contributed by atoms with van der Waals surface area (Å²) in [6.45, 7) is 2.99. The van der Waals surface area contributed by atoms with E-state index in [-0.39, 0.29) is 17.5 Å². The van der Waals surface area contributed by atoms with E-state index in [2.05, 4.69) is 21.4 Å². The van der Waals surface area contributed by atoms with Gasteiger partial charge in [-0.3, -0.25) is 19.5 Å². The quantitative estimate of drug-likeness (QED) is 0.630. The topological polar surface area (TPSA) is 102 Å². The first-order valence-corrected chi connectivity index (χ1v) is 10.3. The van der Waals surface area contributed by atoms with Gasteiger partial charge in [0, 0.05) is 43.0 Å². The third-order valence-electron chi connectivity index (χ3n) is 5.28. The van der Waals surface area contributed by atoms with Gasteiger partial charge in [-0.1, -0.05) is 30.3 Å². The molecule has 0 bridgehead atoms. The van der Waals surface area contributed by atoms with E-state index in [1.165, 1.54) is 6.20 Å². The first-order valence-electron chi connectivity index (χ1n) is 10.3. The largest absolute Gasteiger partial charge is 0.336 e. The Hall–Kier alpha value is -4.09. The molecule has 1 fully saturated rings. The van der Waals surface area contributed by atoms with Crippen LogP contribution in [0.3, 0.4) is 0 Å². The molecule has 32 heavy (non-hydrogen) atoms. The highest BCUT2D eigenvalue weighted by Crippen LogP contribution is 2.19. The molecule has 2 heterocycles. The smallest absolute Gasteiger partial charge is 0.275 e. The summed E-state index contributed by atoms with van der Waals surface area (Å²) in [5, 5.41) is 11.6. The lowest BCUT2D eigenvalue weighted by Crippen LogP contribution is -2.48. The highest BCUT2D eigenvalue weighted by molar-refractivity contribution is 6.03. The average molecular weight is 426 g/mol. The molecule has 2 aromatic carbocycles. The molecule has 8 nitrogen and oxygen atoms in total. The summed E-state index contributed by atoms with van der Waals surface area (Å²) < 4.78 is 0. The minimum absolute atomic E-state index is 0.0322. The Morgan fingerprint density at radius 3 is 2.38 bits per heavy atom. The number of benzene rings is 2. The molecule has 3 aromatic rings. The van der Waals surface area contributed by atoms with E-state index in [0.717, 1.165) is 5.56 Å². The molecule has 0 atom stereocenters. The van der Waals surface area contributed by atoms with Gasteiger partial charge in [-0.25, -0.2) is 4.98 Å². The van der Waals surface area contributed by atoms with E-state index in [1.807, 2.05) is 35.2 Å². The molecule has 1 N–H and O–H groups in total. The lowest BCUT2D eigenvalue weighted by molar-refractivity contribution is 0.0651. The molecule has 1 aliphatic rings. The van der Waals surface area contributed by atoms with E-state index in [9.17, 15) is 9.59 Å². The van der Waals surface area contributed by atoms with E-state index in [0.29, 0.717) is 49.7 Å². The fraction of sp³-hybridized carbons (Fsp3) is 0.208. The fourth-order valence-electron chi connectivity index (χ4n) is 3.51. The van der Waals surface area contributed by atoms with Crippen molar-refractivity contribution in [2.75, 3.05) is 38.0 Å². The number of carbonyl (C=O) groups is 2. The van der Waals surface area contributed by atoms with Gasteiger partial charge < -0.3 is 10.2 Å². The number of nitriles is 1. The van der Waals surface area contributed by atoms with Gasteiger partial charge in [-0.2, -0.15) is 5.26 Å². The van der Waals surface area contributed by atoms with Crippen LogP contribution in [0.2, 0.25) is 0 Å². The molecular weight excluding hydrogens is 404 g/mol. The van der Waals surface area contributed by atoms with Crippen molar-refractivity contribution in [3.63, 3.8) is 0 Å². The summed E-state index contributed by atoms with van der Waals surface area (Å²) in [4.78, 5) is 37.7. The van der Waals surface area contributed by atoms with Crippen LogP contribution in [0.25, 0.3) is 11.3 Å². The van der Waals surface area contributed by atoms with Crippen molar-refractivity contribution in [3.8, 4) is 17.3 Å². The van der Waals surface area contributed by atoms with Gasteiger partial charge in [0.1, 0.15) is 5.69 Å². The molecule has 0 radical (unpaired) electrons. The number of nitrogens with one attached hydrogen (secondary N) is 1. The molecule has 1 aliphatic heterocycles. The molecule has 1 aromatic heterocycles. The molecule has 0 aliphatic carbocycles. The van der Waals surface area contributed by atoms with Crippen LogP contribution in [0.1, 0.15) is 20.8 Å². The lowest BCUT2D eigenvalue weighted by Gasteiger charge is -2.33. The van der Waals surface area contributed by atoms with Crippen molar-refractivity contribution < 1.29 is 9.59 Å². The Morgan fingerprint density at radius 1 is 0.969 bits per heavy atom. The van der Waals surface area contributed by atoms with Gasteiger partial charge in [0.15, 0.2) is 0 Å². The zero-order valence-corrected chi connectivity index (χ0v) is 17.4. The maximum Gasteiger partial charge on any atom is 0.275 e. The number of carbonyl (C=O) groups excluding carboxylic acids is 2. The zero-order chi connectivity index (χ0) is 22.3. The van der Waals surface area contributed by atoms with Gasteiger partial charge in [0.05, 0.1) is 30.7 Å². The van der Waals surface area contributed by atoms with Crippen LogP contribution >= 0.6 is 0 Å². The SMILES string of the molecule is N#CCN1CCN(C(=O)c2ccc(-c3cncc(C(=O)Nc4ccccc4)n3)cc2)CC1. The van der Waals surface area contributed by atoms with Crippen molar-refractivity contribution in [2.45, 2.75) is 0 Å². The fourth-order valence-corrected chi connectivity index (χ4v) is 3.51. The Labute approximate surface area is 186 Å². The van der Waals surface area contributed by atoms with E-state index in [4.69, 9.17) is 5.26 Å². The van der Waals surface area contributed by atoms with Crippen molar-refractivity contribution in [2.24, 2.45) is 0 Å². The predicted molar refractivity (Wildman–Crippen MR) is 120 cm³/mol. The number of para-hydroxylation sites is 1. The van der Waals surface area contributed by atoms with E-state index < -0.39 is 0 Å². The molecule has 8 heteroatoms. The number of anilines is 1. The molecule has 0 spiro atoms. The van der Waals surface area contributed by atoms with E-state index in [1.54, 1.807) is 35.4 Å². The zero-order valence-electron chi connectivity index (χ0n) is 17.4. The molecule has 1 saturated heterocycles. The van der Waals surface area contributed by atoms with Crippen LogP contribution in [0.15, 0.2) is 67.0 Å². The third-order valence-corrected chi connectivity index (χ3v) is 5.28. The minimum Gasteiger partial charge on any atom is -0.336 e. The van der Waals surface area contributed by atoms with Crippen LogP contribution in [-0.4, -0.2) is 64.3 Å². The number of piperazine rings is 1. The number of hydrogen-bond donors (Lipinski definition) is 1. The van der Waals surface area contributed by atoms with Gasteiger partial charge in [-0.15, -0.1) is 0 Å². The maximum absolute atomic E-state index is 12.8. The summed E-state index contributed by atoms with van der Waals surface area (Å²) in [7, 11) is 0. The third kappa shape index (κ3) is 4.96. The van der Waals surface area contributed by atoms with Crippen molar-refractivity contribution in [1.82, 2.24) is 19.8 Å². The van der Waals surface area contributed by atoms with Crippen molar-refractivity contribution >= 4 is 17.5 Å². The minimum atomic E-state index is -0.340. The van der Waals surface area contributed by atoms with Gasteiger partial charge in [0.25, 0.3) is 11.8 Å². The van der Waals surface area contributed by atoms with Crippen molar-refractivity contribution in [1.29, 1.82) is 5.26 Å². The van der Waals surface area contributed by atoms with Crippen LogP contribution in [-0.2, 0) is 0 Å². The second-order valence-corrected chi connectivity index (χ2v) is 7.41. The summed E-state index contributed by atoms with van der Waals surface area (Å²) in [5.74, 6) is -0.372.